The van der Waals surface area contributed by atoms with Crippen LogP contribution in [0.3, 0.4) is 0 Å². The summed E-state index contributed by atoms with van der Waals surface area (Å²) in [5.41, 5.74) is 16.4. The summed E-state index contributed by atoms with van der Waals surface area (Å²) in [4.78, 5) is 81.3. The number of nitrogens with zero attached hydrogens (tertiary/aromatic N) is 15. The number of aliphatic hydroxyl groups excluding tert-OH is 3. The average molecular weight is 1540 g/mol. The number of likely N-dealkylation sites (tertiary alicyclic amines) is 1. The van der Waals surface area contributed by atoms with Gasteiger partial charge in [-0.05, 0) is 219 Å². The van der Waals surface area contributed by atoms with E-state index in [1.165, 1.54) is 5.56 Å². The van der Waals surface area contributed by atoms with Crippen LogP contribution >= 0.6 is 0 Å². The van der Waals surface area contributed by atoms with Crippen LogP contribution in [0.15, 0.2) is 158 Å². The fourth-order valence-corrected chi connectivity index (χ4v) is 18.0. The monoisotopic (exact) mass is 1540 g/mol. The van der Waals surface area contributed by atoms with E-state index in [9.17, 15) is 29.7 Å². The quantitative estimate of drug-likeness (QED) is 0.0466. The lowest BCUT2D eigenvalue weighted by molar-refractivity contribution is 0.0572. The van der Waals surface area contributed by atoms with E-state index in [1.807, 2.05) is 158 Å². The molecule has 15 rings (SSSR count). The van der Waals surface area contributed by atoms with Crippen molar-refractivity contribution < 1.29 is 29.7 Å². The van der Waals surface area contributed by atoms with Crippen molar-refractivity contribution >= 4 is 63.7 Å². The highest BCUT2D eigenvalue weighted by atomic mass is 16.3. The van der Waals surface area contributed by atoms with Gasteiger partial charge in [0, 0.05) is 193 Å². The van der Waals surface area contributed by atoms with E-state index >= 15 is 0 Å². The van der Waals surface area contributed by atoms with Gasteiger partial charge in [0.15, 0.2) is 5.82 Å². The number of piperidine rings is 4. The molecule has 114 heavy (non-hydrogen) atoms. The van der Waals surface area contributed by atoms with E-state index in [0.717, 1.165) is 192 Å². The van der Waals surface area contributed by atoms with Crippen LogP contribution in [0.5, 0.6) is 0 Å². The van der Waals surface area contributed by atoms with Crippen molar-refractivity contribution in [3.63, 3.8) is 0 Å². The Balaban J connectivity index is 0.000000149. The topological polar surface area (TPSA) is 264 Å². The van der Waals surface area contributed by atoms with Crippen molar-refractivity contribution in [2.24, 2.45) is 5.92 Å². The number of carbonyl (C=O) groups excluding carboxylic acids is 3. The minimum absolute atomic E-state index is 0.00715. The van der Waals surface area contributed by atoms with E-state index in [2.05, 4.69) is 136 Å². The number of aromatic nitrogens is 7. The van der Waals surface area contributed by atoms with Gasteiger partial charge in [0.25, 0.3) is 17.7 Å². The molecule has 12 heterocycles. The largest absolute Gasteiger partial charge is 0.396 e. The standard InChI is InChI=1S/C31H39N5O2.C30H38N6O2.C29H37N7O2/c1-21-18-22(2)30(34-25-10-15-35(16-11-25)28-9-5-7-14-33-28)23(3)29(21)31(38)36-17-12-26(24(19-36)20-37)27-8-4-6-13-32-27;1-21-28(30(38)35-17-18-36(26(19-35)20-37)25-9-5-4-6-10-25)22(2)32-23(3)29(21)33-24-12-15-34(16-13-24)27-11-7-8-14-31-27;1-20-17-21(2)28(32-23-9-13-34(14-10-23)25-7-4-5-11-30-25)22(3)27(20)29(38)35-15-16-36(24(18-35)19-37)26-8-6-12-31-33-26/h4-9,13-14,18,24-26,34,37H,10-12,15-17,19-20H2,1-3H3;4-11,14,24,26,33,37H,12-13,15-20H2,1-3H3;4-8,11-12,17,23-24,32,37H,9-10,13-16,18-19H2,1-3H3/t24-,26?;26-;24-/m000/s1. The first-order valence-corrected chi connectivity index (χ1v) is 40.8. The lowest BCUT2D eigenvalue weighted by Crippen LogP contribution is -2.56. The second kappa shape index (κ2) is 37.9. The molecule has 6 aliphatic heterocycles. The first-order chi connectivity index (χ1) is 55.4. The SMILES string of the molecule is Cc1cc(C)c(C(=O)N2CCC(c3ccccn3)[C@H](CO)C2)c(C)c1NC1CCN(c2ccccn2)CC1.Cc1cc(C)c(C(=O)N2CCN(c3cccnn3)[C@H](CO)C2)c(C)c1NC1CCN(c2ccccn2)CC1.Cc1nc(C)c(C(=O)N2CCN(c3ccccc3)[C@H](CO)C2)c(C)c1NC1CCN(c2ccccn2)CC1. The summed E-state index contributed by atoms with van der Waals surface area (Å²) in [6.07, 6.45) is 15.8. The predicted molar refractivity (Wildman–Crippen MR) is 454 cm³/mol. The molecule has 0 spiro atoms. The van der Waals surface area contributed by atoms with Gasteiger partial charge >= 0.3 is 0 Å². The molecule has 24 heteroatoms. The molecule has 24 nitrogen and oxygen atoms in total. The molecular formula is C90H114N18O6. The zero-order valence-electron chi connectivity index (χ0n) is 67.8. The Bertz CT molecular complexity index is 4200. The molecular weight excluding hydrogens is 1430 g/mol. The first kappa shape index (κ1) is 81.2. The number of hydrogen-bond donors (Lipinski definition) is 6. The molecule has 6 N–H and O–H groups in total. The van der Waals surface area contributed by atoms with Crippen LogP contribution in [0.25, 0.3) is 0 Å². The number of hydrogen-bond acceptors (Lipinski definition) is 21. The molecule has 600 valence electrons. The summed E-state index contributed by atoms with van der Waals surface area (Å²) in [6, 6.07) is 42.8. The number of amides is 3. The van der Waals surface area contributed by atoms with Gasteiger partial charge in [0.1, 0.15) is 17.5 Å². The number of aryl methyl sites for hydroxylation is 6. The maximum absolute atomic E-state index is 13.9. The molecule has 3 aromatic carbocycles. The fraction of sp³-hybridized carbons (Fsp3) is 0.444. The van der Waals surface area contributed by atoms with Gasteiger partial charge in [0.2, 0.25) is 0 Å². The van der Waals surface area contributed by atoms with E-state index in [-0.39, 0.29) is 61.5 Å². The van der Waals surface area contributed by atoms with Crippen molar-refractivity contribution in [1.82, 2.24) is 49.8 Å². The van der Waals surface area contributed by atoms with Gasteiger partial charge in [-0.2, -0.15) is 5.10 Å². The molecule has 6 aromatic heterocycles. The normalized spacial score (nSPS) is 19.2. The lowest BCUT2D eigenvalue weighted by atomic mass is 9.82. The van der Waals surface area contributed by atoms with Crippen molar-refractivity contribution in [1.29, 1.82) is 0 Å². The number of para-hydroxylation sites is 1. The minimum atomic E-state index is -0.225. The molecule has 0 aliphatic carbocycles. The van der Waals surface area contributed by atoms with E-state index in [4.69, 9.17) is 4.98 Å². The maximum Gasteiger partial charge on any atom is 0.256 e. The molecule has 0 saturated carbocycles. The average Bonchev–Trinajstić information content (AvgIpc) is 0.785. The van der Waals surface area contributed by atoms with Gasteiger partial charge in [-0.15, -0.1) is 5.10 Å². The molecule has 6 aliphatic rings. The third kappa shape index (κ3) is 18.8. The van der Waals surface area contributed by atoms with Gasteiger partial charge in [0.05, 0.1) is 47.9 Å². The van der Waals surface area contributed by atoms with Gasteiger partial charge in [-0.25, -0.2) is 15.0 Å². The second-order valence-electron chi connectivity index (χ2n) is 31.5. The van der Waals surface area contributed by atoms with E-state index < -0.39 is 0 Å². The molecule has 6 saturated heterocycles. The highest BCUT2D eigenvalue weighted by Crippen LogP contribution is 2.38. The Kier molecular flexibility index (Phi) is 27.0. The zero-order chi connectivity index (χ0) is 79.9. The molecule has 0 radical (unpaired) electrons. The summed E-state index contributed by atoms with van der Waals surface area (Å²) in [5, 5.41) is 49.9. The fourth-order valence-electron chi connectivity index (χ4n) is 18.0. The summed E-state index contributed by atoms with van der Waals surface area (Å²) in [7, 11) is 0. The smallest absolute Gasteiger partial charge is 0.256 e. The molecule has 4 atom stereocenters. The van der Waals surface area contributed by atoms with Crippen molar-refractivity contribution in [3.8, 4) is 0 Å². The Labute approximate surface area is 672 Å². The lowest BCUT2D eigenvalue weighted by Gasteiger charge is -2.42. The molecule has 9 aromatic rings. The minimum Gasteiger partial charge on any atom is -0.396 e. The Hall–Kier alpha value is -10.8. The van der Waals surface area contributed by atoms with Crippen molar-refractivity contribution in [2.45, 2.75) is 143 Å². The van der Waals surface area contributed by atoms with Crippen LogP contribution < -0.4 is 40.4 Å². The summed E-state index contributed by atoms with van der Waals surface area (Å²) >= 11 is 0. The first-order valence-electron chi connectivity index (χ1n) is 40.8. The van der Waals surface area contributed by atoms with Crippen LogP contribution in [-0.2, 0) is 0 Å². The van der Waals surface area contributed by atoms with Crippen molar-refractivity contribution in [3.05, 3.63) is 231 Å². The summed E-state index contributed by atoms with van der Waals surface area (Å²) in [6.45, 7) is 28.6. The number of rotatable bonds is 18. The van der Waals surface area contributed by atoms with Gasteiger partial charge in [-0.1, -0.05) is 54.6 Å². The number of anilines is 8. The maximum atomic E-state index is 13.9. The van der Waals surface area contributed by atoms with Crippen LogP contribution in [0.2, 0.25) is 0 Å². The zero-order valence-corrected chi connectivity index (χ0v) is 67.8. The molecule has 6 fully saturated rings. The number of nitrogens with one attached hydrogen (secondary N) is 3. The van der Waals surface area contributed by atoms with Gasteiger partial charge in [-0.3, -0.25) is 24.4 Å². The highest BCUT2D eigenvalue weighted by Gasteiger charge is 2.38. The molecule has 0 bridgehead atoms. The molecule has 3 amide bonds. The number of aliphatic hydroxyl groups is 3. The van der Waals surface area contributed by atoms with Gasteiger partial charge < -0.3 is 70.5 Å². The number of pyridine rings is 5. The van der Waals surface area contributed by atoms with E-state index in [1.54, 1.807) is 12.4 Å². The Morgan fingerprint density at radius 2 is 0.807 bits per heavy atom. The number of piperazine rings is 2. The van der Waals surface area contributed by atoms with Crippen LogP contribution in [0, 0.1) is 68.2 Å². The predicted octanol–water partition coefficient (Wildman–Crippen LogP) is 11.7. The second-order valence-corrected chi connectivity index (χ2v) is 31.5. The van der Waals surface area contributed by atoms with Crippen LogP contribution in [-0.4, -0.2) is 225 Å². The third-order valence-electron chi connectivity index (χ3n) is 24.1. The Morgan fingerprint density at radius 1 is 0.386 bits per heavy atom. The van der Waals surface area contributed by atoms with Crippen LogP contribution in [0.4, 0.5) is 46.0 Å². The summed E-state index contributed by atoms with van der Waals surface area (Å²) < 4.78 is 0. The van der Waals surface area contributed by atoms with E-state index in [0.29, 0.717) is 76.0 Å². The van der Waals surface area contributed by atoms with Crippen LogP contribution in [0.1, 0.15) is 138 Å². The molecule has 1 unspecified atom stereocenters. The van der Waals surface area contributed by atoms with Crippen molar-refractivity contribution in [2.75, 3.05) is 152 Å². The third-order valence-corrected chi connectivity index (χ3v) is 24.1. The highest BCUT2D eigenvalue weighted by molar-refractivity contribution is 6.00. The number of benzene rings is 3. The Morgan fingerprint density at radius 3 is 1.25 bits per heavy atom. The summed E-state index contributed by atoms with van der Waals surface area (Å²) in [5.74, 6) is 4.04. The number of carbonyl (C=O) groups is 3.